The van der Waals surface area contributed by atoms with Crippen molar-refractivity contribution >= 4 is 11.3 Å². The molecule has 0 radical (unpaired) electrons. The number of aryl methyl sites for hydroxylation is 2. The van der Waals surface area contributed by atoms with E-state index in [9.17, 15) is 0 Å². The summed E-state index contributed by atoms with van der Waals surface area (Å²) in [6, 6.07) is 0. The van der Waals surface area contributed by atoms with Crippen LogP contribution in [0, 0.1) is 13.8 Å². The molecule has 0 spiro atoms. The van der Waals surface area contributed by atoms with Gasteiger partial charge in [-0.25, -0.2) is 4.98 Å². The van der Waals surface area contributed by atoms with Gasteiger partial charge >= 0.3 is 0 Å². The van der Waals surface area contributed by atoms with Crippen molar-refractivity contribution in [1.82, 2.24) is 10.3 Å². The third kappa shape index (κ3) is 2.34. The van der Waals surface area contributed by atoms with E-state index in [1.54, 1.807) is 11.3 Å². The highest BCUT2D eigenvalue weighted by molar-refractivity contribution is 7.11. The van der Waals surface area contributed by atoms with Crippen LogP contribution in [-0.4, -0.2) is 22.7 Å². The fourth-order valence-corrected chi connectivity index (χ4v) is 4.54. The molecule has 3 nitrogen and oxygen atoms in total. The summed E-state index contributed by atoms with van der Waals surface area (Å²) in [4.78, 5) is 6.12. The predicted molar refractivity (Wildman–Crippen MR) is 80.8 cm³/mol. The molecule has 1 saturated heterocycles. The van der Waals surface area contributed by atoms with E-state index in [1.807, 2.05) is 0 Å². The highest BCUT2D eigenvalue weighted by atomic mass is 32.1. The second-order valence-electron chi connectivity index (χ2n) is 6.65. The Balaban J connectivity index is 2.55. The van der Waals surface area contributed by atoms with Crippen molar-refractivity contribution < 1.29 is 4.74 Å². The fourth-order valence-electron chi connectivity index (χ4n) is 3.31. The van der Waals surface area contributed by atoms with E-state index in [2.05, 4.69) is 53.8 Å². The third-order valence-corrected chi connectivity index (χ3v) is 5.36. The van der Waals surface area contributed by atoms with Crippen molar-refractivity contribution in [2.75, 3.05) is 6.54 Å². The zero-order valence-corrected chi connectivity index (χ0v) is 14.0. The summed E-state index contributed by atoms with van der Waals surface area (Å²) in [5, 5.41) is 4.85. The van der Waals surface area contributed by atoms with E-state index >= 15 is 0 Å². The summed E-state index contributed by atoms with van der Waals surface area (Å²) < 4.78 is 6.31. The molecule has 0 aromatic carbocycles. The second kappa shape index (κ2) is 4.54. The van der Waals surface area contributed by atoms with Crippen LogP contribution in [0.25, 0.3) is 0 Å². The van der Waals surface area contributed by atoms with Gasteiger partial charge in [-0.05, 0) is 48.1 Å². The van der Waals surface area contributed by atoms with Crippen LogP contribution < -0.4 is 5.32 Å². The van der Waals surface area contributed by atoms with Gasteiger partial charge in [0.15, 0.2) is 0 Å². The van der Waals surface area contributed by atoms with E-state index < -0.39 is 0 Å². The Morgan fingerprint density at radius 3 is 2.26 bits per heavy atom. The molecule has 0 amide bonds. The number of nitrogens with zero attached hydrogens (tertiary/aromatic N) is 1. The molecule has 1 fully saturated rings. The summed E-state index contributed by atoms with van der Waals surface area (Å²) in [6.07, 6.45) is 0.952. The van der Waals surface area contributed by atoms with E-state index in [0.29, 0.717) is 0 Å². The lowest BCUT2D eigenvalue weighted by Crippen LogP contribution is -2.54. The van der Waals surface area contributed by atoms with Crippen molar-refractivity contribution in [2.45, 2.75) is 71.6 Å². The minimum atomic E-state index is -0.261. The molecule has 4 heteroatoms. The zero-order chi connectivity index (χ0) is 14.5. The first-order valence-corrected chi connectivity index (χ1v) is 7.85. The van der Waals surface area contributed by atoms with Crippen molar-refractivity contribution in [1.29, 1.82) is 0 Å². The SMILES string of the molecule is CCNC1(c2nc(C)c(C)s2)CC(C)(C)OC1(C)C. The molecule has 1 aromatic rings. The molecule has 2 rings (SSSR count). The van der Waals surface area contributed by atoms with Crippen LogP contribution in [0.15, 0.2) is 0 Å². The van der Waals surface area contributed by atoms with Gasteiger partial charge in [0, 0.05) is 11.3 Å². The van der Waals surface area contributed by atoms with E-state index in [0.717, 1.165) is 18.7 Å². The summed E-state index contributed by atoms with van der Waals surface area (Å²) in [5.74, 6) is 0. The van der Waals surface area contributed by atoms with Crippen LogP contribution in [0.3, 0.4) is 0 Å². The summed E-state index contributed by atoms with van der Waals surface area (Å²) >= 11 is 1.80. The van der Waals surface area contributed by atoms with Gasteiger partial charge in [0.1, 0.15) is 10.5 Å². The normalized spacial score (nSPS) is 28.8. The van der Waals surface area contributed by atoms with Crippen molar-refractivity contribution in [3.63, 3.8) is 0 Å². The number of likely N-dealkylation sites (N-methyl/N-ethyl adjacent to an activating group) is 1. The smallest absolute Gasteiger partial charge is 0.116 e. The van der Waals surface area contributed by atoms with Crippen LogP contribution in [0.1, 0.15) is 56.6 Å². The minimum absolute atomic E-state index is 0.126. The van der Waals surface area contributed by atoms with Crippen molar-refractivity contribution in [3.05, 3.63) is 15.6 Å². The molecule has 1 aliphatic rings. The first-order chi connectivity index (χ1) is 8.63. The Kier molecular flexibility index (Phi) is 3.57. The van der Waals surface area contributed by atoms with E-state index in [-0.39, 0.29) is 16.7 Å². The Hall–Kier alpha value is -0.450. The van der Waals surface area contributed by atoms with Crippen LogP contribution in [0.5, 0.6) is 0 Å². The average molecular weight is 282 g/mol. The summed E-state index contributed by atoms with van der Waals surface area (Å²) in [5.41, 5.74) is 0.565. The third-order valence-electron chi connectivity index (χ3n) is 4.12. The van der Waals surface area contributed by atoms with E-state index in [1.165, 1.54) is 9.88 Å². The largest absolute Gasteiger partial charge is 0.367 e. The Morgan fingerprint density at radius 2 is 1.89 bits per heavy atom. The molecule has 108 valence electrons. The Bertz CT molecular complexity index is 459. The molecule has 0 bridgehead atoms. The van der Waals surface area contributed by atoms with Gasteiger partial charge in [-0.2, -0.15) is 0 Å². The molecule has 2 heterocycles. The molecule has 1 N–H and O–H groups in total. The van der Waals surface area contributed by atoms with Crippen LogP contribution in [0.2, 0.25) is 0 Å². The first kappa shape index (κ1) is 14.9. The highest BCUT2D eigenvalue weighted by Crippen LogP contribution is 2.51. The average Bonchev–Trinajstić information content (AvgIpc) is 2.64. The van der Waals surface area contributed by atoms with Gasteiger partial charge in [0.25, 0.3) is 0 Å². The van der Waals surface area contributed by atoms with Gasteiger partial charge in [-0.3, -0.25) is 0 Å². The van der Waals surface area contributed by atoms with Gasteiger partial charge in [0.05, 0.1) is 16.9 Å². The van der Waals surface area contributed by atoms with Crippen LogP contribution in [-0.2, 0) is 10.3 Å². The molecule has 1 unspecified atom stereocenters. The minimum Gasteiger partial charge on any atom is -0.367 e. The topological polar surface area (TPSA) is 34.2 Å². The lowest BCUT2D eigenvalue weighted by molar-refractivity contribution is -0.0842. The predicted octanol–water partition coefficient (Wildman–Crippen LogP) is 3.54. The van der Waals surface area contributed by atoms with Gasteiger partial charge in [-0.1, -0.05) is 6.92 Å². The molecule has 1 atom stereocenters. The monoisotopic (exact) mass is 282 g/mol. The first-order valence-electron chi connectivity index (χ1n) is 7.03. The number of nitrogens with one attached hydrogen (secondary N) is 1. The number of aromatic nitrogens is 1. The standard InChI is InChI=1S/C15H26N2OS/c1-8-16-15(12-17-10(2)11(3)19-12)9-13(4,5)18-14(15,6)7/h16H,8-9H2,1-7H3. The molecular formula is C15H26N2OS. The molecular weight excluding hydrogens is 256 g/mol. The Morgan fingerprint density at radius 1 is 1.26 bits per heavy atom. The molecule has 1 aliphatic heterocycles. The van der Waals surface area contributed by atoms with Crippen LogP contribution >= 0.6 is 11.3 Å². The number of hydrogen-bond acceptors (Lipinski definition) is 4. The quantitative estimate of drug-likeness (QED) is 0.920. The summed E-state index contributed by atoms with van der Waals surface area (Å²) in [6.45, 7) is 16.0. The van der Waals surface area contributed by atoms with Crippen molar-refractivity contribution in [3.8, 4) is 0 Å². The van der Waals surface area contributed by atoms with E-state index in [4.69, 9.17) is 9.72 Å². The maximum atomic E-state index is 6.31. The van der Waals surface area contributed by atoms with Gasteiger partial charge in [-0.15, -0.1) is 11.3 Å². The van der Waals surface area contributed by atoms with Gasteiger partial charge in [0.2, 0.25) is 0 Å². The molecule has 0 saturated carbocycles. The highest BCUT2D eigenvalue weighted by Gasteiger charge is 2.59. The number of ether oxygens (including phenoxy) is 1. The number of thiazole rings is 1. The lowest BCUT2D eigenvalue weighted by Gasteiger charge is -2.39. The van der Waals surface area contributed by atoms with Gasteiger partial charge < -0.3 is 10.1 Å². The Labute approximate surface area is 120 Å². The molecule has 1 aromatic heterocycles. The zero-order valence-electron chi connectivity index (χ0n) is 13.2. The summed E-state index contributed by atoms with van der Waals surface area (Å²) in [7, 11) is 0. The molecule has 19 heavy (non-hydrogen) atoms. The maximum Gasteiger partial charge on any atom is 0.116 e. The second-order valence-corrected chi connectivity index (χ2v) is 7.85. The molecule has 0 aliphatic carbocycles. The van der Waals surface area contributed by atoms with Crippen molar-refractivity contribution in [2.24, 2.45) is 0 Å². The lowest BCUT2D eigenvalue weighted by atomic mass is 9.79. The number of rotatable bonds is 3. The maximum absolute atomic E-state index is 6.31. The van der Waals surface area contributed by atoms with Crippen LogP contribution in [0.4, 0.5) is 0 Å². The number of hydrogen-bond donors (Lipinski definition) is 1. The fraction of sp³-hybridized carbons (Fsp3) is 0.800.